The second kappa shape index (κ2) is 5.18. The summed E-state index contributed by atoms with van der Waals surface area (Å²) >= 11 is 5.99. The molecule has 8 heteroatoms. The van der Waals surface area contributed by atoms with Gasteiger partial charge in [-0.05, 0) is 41.5 Å². The van der Waals surface area contributed by atoms with Crippen LogP contribution in [-0.2, 0) is 6.54 Å². The number of tetrazole rings is 1. The lowest BCUT2D eigenvalue weighted by molar-refractivity contribution is 0.569. The Morgan fingerprint density at radius 3 is 2.96 bits per heavy atom. The number of nitrogens with zero attached hydrogens (tertiary/aromatic N) is 6. The first-order chi connectivity index (χ1) is 11.2. The van der Waals surface area contributed by atoms with E-state index < -0.39 is 0 Å². The zero-order chi connectivity index (χ0) is 16.0. The molecule has 2 heterocycles. The molecule has 0 unspecified atom stereocenters. The van der Waals surface area contributed by atoms with Crippen molar-refractivity contribution in [1.82, 2.24) is 24.8 Å². The van der Waals surface area contributed by atoms with Crippen LogP contribution in [-0.4, -0.2) is 24.8 Å². The first kappa shape index (κ1) is 13.9. The largest absolute Gasteiger partial charge is 0.338 e. The van der Waals surface area contributed by atoms with Crippen molar-refractivity contribution in [2.24, 2.45) is 0 Å². The van der Waals surface area contributed by atoms with Crippen LogP contribution in [0.3, 0.4) is 0 Å². The Morgan fingerprint density at radius 2 is 2.22 bits per heavy atom. The van der Waals surface area contributed by atoms with E-state index in [4.69, 9.17) is 11.6 Å². The van der Waals surface area contributed by atoms with Crippen LogP contribution in [0.4, 0.5) is 0 Å². The molecule has 1 aromatic carbocycles. The van der Waals surface area contributed by atoms with E-state index in [0.717, 1.165) is 12.8 Å². The molecule has 0 N–H and O–H groups in total. The Morgan fingerprint density at radius 1 is 1.39 bits per heavy atom. The number of hydrogen-bond donors (Lipinski definition) is 0. The minimum Gasteiger partial charge on any atom is -0.338 e. The first-order valence-electron chi connectivity index (χ1n) is 7.17. The molecule has 0 bridgehead atoms. The van der Waals surface area contributed by atoms with Crippen LogP contribution in [0.1, 0.15) is 30.3 Å². The molecule has 114 valence electrons. The average molecular weight is 327 g/mol. The Bertz CT molecular complexity index is 1010. The average Bonchev–Trinajstić information content (AvgIpc) is 3.29. The fourth-order valence-corrected chi connectivity index (χ4v) is 2.82. The number of hydrogen-bond acceptors (Lipinski definition) is 5. The van der Waals surface area contributed by atoms with Gasteiger partial charge in [0, 0.05) is 16.6 Å². The maximum absolute atomic E-state index is 12.3. The third-order valence-electron chi connectivity index (χ3n) is 3.93. The van der Waals surface area contributed by atoms with Crippen LogP contribution in [0.5, 0.6) is 0 Å². The second-order valence-electron chi connectivity index (χ2n) is 5.54. The van der Waals surface area contributed by atoms with Crippen molar-refractivity contribution in [1.29, 1.82) is 5.26 Å². The van der Waals surface area contributed by atoms with Crippen LogP contribution in [0, 0.1) is 11.3 Å². The molecule has 0 spiro atoms. The molecule has 1 saturated carbocycles. The molecular weight excluding hydrogens is 316 g/mol. The first-order valence-corrected chi connectivity index (χ1v) is 7.54. The molecule has 3 aromatic rings. The molecule has 0 atom stereocenters. The summed E-state index contributed by atoms with van der Waals surface area (Å²) in [5, 5.41) is 21.9. The molecule has 1 aliphatic rings. The van der Waals surface area contributed by atoms with Crippen molar-refractivity contribution in [2.75, 3.05) is 0 Å². The summed E-state index contributed by atoms with van der Waals surface area (Å²) in [5.74, 6) is 0.705. The maximum atomic E-state index is 12.3. The van der Waals surface area contributed by atoms with Crippen LogP contribution in [0.25, 0.3) is 10.9 Å². The molecule has 0 aliphatic heterocycles. The topological polar surface area (TPSA) is 89.4 Å². The van der Waals surface area contributed by atoms with Crippen LogP contribution >= 0.6 is 11.6 Å². The van der Waals surface area contributed by atoms with Gasteiger partial charge in [-0.25, -0.2) is 4.68 Å². The zero-order valence-electron chi connectivity index (χ0n) is 12.0. The fourth-order valence-electron chi connectivity index (χ4n) is 2.65. The van der Waals surface area contributed by atoms with E-state index in [-0.39, 0.29) is 11.0 Å². The number of aromatic nitrogens is 5. The van der Waals surface area contributed by atoms with Gasteiger partial charge in [-0.2, -0.15) is 5.26 Å². The predicted molar refractivity (Wildman–Crippen MR) is 83.1 cm³/mol. The third-order valence-corrected chi connectivity index (χ3v) is 4.16. The number of benzene rings is 1. The summed E-state index contributed by atoms with van der Waals surface area (Å²) in [6, 6.07) is 7.37. The van der Waals surface area contributed by atoms with Gasteiger partial charge < -0.3 is 4.57 Å². The Kier molecular flexibility index (Phi) is 3.13. The van der Waals surface area contributed by atoms with Gasteiger partial charge in [0.2, 0.25) is 5.43 Å². The fraction of sp³-hybridized carbons (Fsp3) is 0.267. The minimum atomic E-state index is -0.317. The van der Waals surface area contributed by atoms with Crippen molar-refractivity contribution in [3.63, 3.8) is 0 Å². The highest BCUT2D eigenvalue weighted by Crippen LogP contribution is 2.34. The zero-order valence-corrected chi connectivity index (χ0v) is 12.7. The van der Waals surface area contributed by atoms with Crippen molar-refractivity contribution in [3.8, 4) is 6.07 Å². The van der Waals surface area contributed by atoms with Crippen molar-refractivity contribution in [2.45, 2.75) is 25.4 Å². The van der Waals surface area contributed by atoms with E-state index in [0.29, 0.717) is 34.3 Å². The van der Waals surface area contributed by atoms with Gasteiger partial charge in [-0.3, -0.25) is 4.79 Å². The summed E-state index contributed by atoms with van der Waals surface area (Å²) in [7, 11) is 0. The number of pyridine rings is 1. The van der Waals surface area contributed by atoms with Gasteiger partial charge in [-0.15, -0.1) is 5.10 Å². The highest BCUT2D eigenvalue weighted by atomic mass is 35.5. The maximum Gasteiger partial charge on any atom is 0.207 e. The SMILES string of the molecule is N#Cc1cn(Cc2nnnn2C2CC2)c2ccc(Cl)cc2c1=O. The Hall–Kier alpha value is -2.72. The lowest BCUT2D eigenvalue weighted by Gasteiger charge is -2.11. The predicted octanol–water partition coefficient (Wildman–Crippen LogP) is 1.90. The highest BCUT2D eigenvalue weighted by molar-refractivity contribution is 6.31. The molecule has 0 radical (unpaired) electrons. The Labute approximate surface area is 135 Å². The van der Waals surface area contributed by atoms with E-state index in [2.05, 4.69) is 15.5 Å². The molecular formula is C15H11ClN6O. The summed E-state index contributed by atoms with van der Waals surface area (Å²) in [4.78, 5) is 12.3. The standard InChI is InChI=1S/C15H11ClN6O/c16-10-1-4-13-12(5-10)15(23)9(6-17)7-21(13)8-14-18-19-20-22(14)11-2-3-11/h1,4-5,7,11H,2-3,8H2. The summed E-state index contributed by atoms with van der Waals surface area (Å²) in [6.45, 7) is 0.386. The van der Waals surface area contributed by atoms with Gasteiger partial charge in [0.1, 0.15) is 11.6 Å². The van der Waals surface area contributed by atoms with Crippen LogP contribution < -0.4 is 5.43 Å². The van der Waals surface area contributed by atoms with Gasteiger partial charge in [0.15, 0.2) is 5.82 Å². The Balaban J connectivity index is 1.89. The minimum absolute atomic E-state index is 0.0743. The van der Waals surface area contributed by atoms with Gasteiger partial charge >= 0.3 is 0 Å². The number of rotatable bonds is 3. The van der Waals surface area contributed by atoms with E-state index in [9.17, 15) is 10.1 Å². The van der Waals surface area contributed by atoms with Crippen molar-refractivity contribution >= 4 is 22.5 Å². The molecule has 0 saturated heterocycles. The summed E-state index contributed by atoms with van der Waals surface area (Å²) < 4.78 is 3.63. The molecule has 2 aromatic heterocycles. The molecule has 23 heavy (non-hydrogen) atoms. The highest BCUT2D eigenvalue weighted by Gasteiger charge is 2.27. The number of halogens is 1. The van der Waals surface area contributed by atoms with Crippen molar-refractivity contribution < 1.29 is 0 Å². The lowest BCUT2D eigenvalue weighted by atomic mass is 10.1. The third kappa shape index (κ3) is 2.37. The molecule has 0 amide bonds. The van der Waals surface area contributed by atoms with E-state index in [1.165, 1.54) is 0 Å². The van der Waals surface area contributed by atoms with E-state index in [1.807, 2.05) is 15.3 Å². The van der Waals surface area contributed by atoms with Gasteiger partial charge in [0.25, 0.3) is 0 Å². The molecule has 1 aliphatic carbocycles. The van der Waals surface area contributed by atoms with Gasteiger partial charge in [-0.1, -0.05) is 11.6 Å². The quantitative estimate of drug-likeness (QED) is 0.733. The summed E-state index contributed by atoms with van der Waals surface area (Å²) in [5.41, 5.74) is 0.456. The van der Waals surface area contributed by atoms with Crippen LogP contribution in [0.2, 0.25) is 5.02 Å². The smallest absolute Gasteiger partial charge is 0.207 e. The van der Waals surface area contributed by atoms with Crippen LogP contribution in [0.15, 0.2) is 29.2 Å². The second-order valence-corrected chi connectivity index (χ2v) is 5.98. The lowest BCUT2D eigenvalue weighted by Crippen LogP contribution is -2.15. The molecule has 1 fully saturated rings. The monoisotopic (exact) mass is 326 g/mol. The number of nitriles is 1. The van der Waals surface area contributed by atoms with E-state index in [1.54, 1.807) is 24.4 Å². The van der Waals surface area contributed by atoms with E-state index >= 15 is 0 Å². The van der Waals surface area contributed by atoms with Gasteiger partial charge in [0.05, 0.1) is 18.1 Å². The summed E-state index contributed by atoms with van der Waals surface area (Å²) in [6.07, 6.45) is 3.69. The normalized spacial score (nSPS) is 14.1. The molecule has 4 rings (SSSR count). The molecule has 7 nitrogen and oxygen atoms in total. The number of fused-ring (bicyclic) bond motifs is 1. The van der Waals surface area contributed by atoms with Crippen molar-refractivity contribution in [3.05, 3.63) is 51.0 Å².